The summed E-state index contributed by atoms with van der Waals surface area (Å²) in [5.74, 6) is -2.48. The van der Waals surface area contributed by atoms with E-state index in [1.165, 1.54) is 12.3 Å². The number of aliphatic carboxylic acids is 1. The van der Waals surface area contributed by atoms with Gasteiger partial charge in [-0.1, -0.05) is 6.07 Å². The molecule has 0 fully saturated rings. The van der Waals surface area contributed by atoms with E-state index in [1.807, 2.05) is 0 Å². The molecule has 0 aliphatic carbocycles. The molecule has 0 aliphatic heterocycles. The fourth-order valence-electron chi connectivity index (χ4n) is 0.973. The molecule has 0 bridgehead atoms. The van der Waals surface area contributed by atoms with Crippen LogP contribution in [-0.2, 0) is 4.79 Å². The Morgan fingerprint density at radius 3 is 2.77 bits per heavy atom. The highest BCUT2D eigenvalue weighted by atomic mass is 19.1. The number of pyridine rings is 1. The van der Waals surface area contributed by atoms with Gasteiger partial charge in [-0.05, 0) is 11.6 Å². The molecule has 5 heteroatoms. The molecule has 1 aromatic heterocycles. The Morgan fingerprint density at radius 1 is 1.69 bits per heavy atom. The molecule has 0 saturated carbocycles. The molecule has 1 rings (SSSR count). The van der Waals surface area contributed by atoms with Gasteiger partial charge in [-0.15, -0.1) is 0 Å². The van der Waals surface area contributed by atoms with Gasteiger partial charge in [0.1, 0.15) is 0 Å². The van der Waals surface area contributed by atoms with Gasteiger partial charge in [0.2, 0.25) is 5.95 Å². The lowest BCUT2D eigenvalue weighted by Gasteiger charge is -2.08. The Balaban J connectivity index is 2.92. The number of hydrogen-bond acceptors (Lipinski definition) is 3. The van der Waals surface area contributed by atoms with Gasteiger partial charge < -0.3 is 10.8 Å². The second kappa shape index (κ2) is 3.95. The van der Waals surface area contributed by atoms with E-state index in [1.54, 1.807) is 0 Å². The smallest absolute Gasteiger partial charge is 0.312 e. The zero-order valence-corrected chi connectivity index (χ0v) is 6.77. The molecule has 0 aliphatic rings. The number of halogens is 1. The van der Waals surface area contributed by atoms with Crippen LogP contribution < -0.4 is 5.73 Å². The van der Waals surface area contributed by atoms with E-state index in [0.29, 0.717) is 5.56 Å². The van der Waals surface area contributed by atoms with Crippen molar-refractivity contribution in [1.29, 1.82) is 0 Å². The third kappa shape index (κ3) is 2.22. The first kappa shape index (κ1) is 9.60. The topological polar surface area (TPSA) is 76.2 Å². The van der Waals surface area contributed by atoms with Crippen molar-refractivity contribution in [2.75, 3.05) is 6.54 Å². The van der Waals surface area contributed by atoms with E-state index in [2.05, 4.69) is 4.98 Å². The number of nitrogens with zero attached hydrogens (tertiary/aromatic N) is 1. The van der Waals surface area contributed by atoms with Crippen molar-refractivity contribution in [3.63, 3.8) is 0 Å². The van der Waals surface area contributed by atoms with Gasteiger partial charge in [-0.25, -0.2) is 4.98 Å². The van der Waals surface area contributed by atoms with E-state index in [-0.39, 0.29) is 6.54 Å². The van der Waals surface area contributed by atoms with Gasteiger partial charge in [0.25, 0.3) is 0 Å². The monoisotopic (exact) mass is 184 g/mol. The molecule has 1 heterocycles. The lowest BCUT2D eigenvalue weighted by Crippen LogP contribution is -2.21. The molecule has 3 N–H and O–H groups in total. The first-order valence-electron chi connectivity index (χ1n) is 3.69. The third-order valence-corrected chi connectivity index (χ3v) is 1.69. The zero-order valence-electron chi connectivity index (χ0n) is 6.77. The lowest BCUT2D eigenvalue weighted by molar-refractivity contribution is -0.138. The molecule has 0 aromatic carbocycles. The highest BCUT2D eigenvalue weighted by molar-refractivity contribution is 5.76. The van der Waals surface area contributed by atoms with Crippen LogP contribution in [0.1, 0.15) is 11.5 Å². The first-order chi connectivity index (χ1) is 6.15. The Hall–Kier alpha value is -1.49. The number of carbonyl (C=O) groups is 1. The minimum absolute atomic E-state index is 0.0252. The van der Waals surface area contributed by atoms with E-state index >= 15 is 0 Å². The van der Waals surface area contributed by atoms with Crippen molar-refractivity contribution in [1.82, 2.24) is 4.98 Å². The van der Waals surface area contributed by atoms with Crippen LogP contribution in [-0.4, -0.2) is 22.6 Å². The summed E-state index contributed by atoms with van der Waals surface area (Å²) in [6.45, 7) is -0.0252. The van der Waals surface area contributed by atoms with Gasteiger partial charge in [0.15, 0.2) is 0 Å². The average Bonchev–Trinajstić information content (AvgIpc) is 2.09. The third-order valence-electron chi connectivity index (χ3n) is 1.69. The molecule has 1 aromatic rings. The van der Waals surface area contributed by atoms with Gasteiger partial charge in [-0.3, -0.25) is 4.79 Å². The number of aromatic nitrogens is 1. The minimum atomic E-state index is -1.03. The summed E-state index contributed by atoms with van der Waals surface area (Å²) in [4.78, 5) is 14.0. The Kier molecular flexibility index (Phi) is 2.92. The number of nitrogens with two attached hydrogens (primary N) is 1. The molecule has 0 spiro atoms. The first-order valence-corrected chi connectivity index (χ1v) is 3.69. The van der Waals surface area contributed by atoms with Crippen molar-refractivity contribution >= 4 is 5.97 Å². The number of hydrogen-bond donors (Lipinski definition) is 2. The molecule has 1 unspecified atom stereocenters. The number of carboxylic acids is 1. The molecule has 0 amide bonds. The largest absolute Gasteiger partial charge is 0.481 e. The fraction of sp³-hybridized carbons (Fsp3) is 0.250. The Labute approximate surface area is 74.2 Å². The summed E-state index contributed by atoms with van der Waals surface area (Å²) >= 11 is 0. The zero-order chi connectivity index (χ0) is 9.84. The second-order valence-electron chi connectivity index (χ2n) is 2.54. The molecule has 1 atom stereocenters. The minimum Gasteiger partial charge on any atom is -0.481 e. The predicted molar refractivity (Wildman–Crippen MR) is 43.6 cm³/mol. The average molecular weight is 184 g/mol. The van der Waals surface area contributed by atoms with Crippen LogP contribution in [0.15, 0.2) is 18.3 Å². The van der Waals surface area contributed by atoms with Crippen molar-refractivity contribution < 1.29 is 14.3 Å². The second-order valence-corrected chi connectivity index (χ2v) is 2.54. The highest BCUT2D eigenvalue weighted by Crippen LogP contribution is 2.13. The standard InChI is InChI=1S/C8H9FN2O2/c9-7-2-1-5(4-11-7)6(3-10)8(12)13/h1-2,4,6H,3,10H2,(H,12,13). The molecular weight excluding hydrogens is 175 g/mol. The van der Waals surface area contributed by atoms with E-state index < -0.39 is 17.8 Å². The molecule has 0 radical (unpaired) electrons. The highest BCUT2D eigenvalue weighted by Gasteiger charge is 2.17. The maximum atomic E-state index is 12.4. The van der Waals surface area contributed by atoms with E-state index in [9.17, 15) is 9.18 Å². The van der Waals surface area contributed by atoms with Crippen LogP contribution in [0.3, 0.4) is 0 Å². The maximum Gasteiger partial charge on any atom is 0.312 e. The van der Waals surface area contributed by atoms with Gasteiger partial charge >= 0.3 is 5.97 Å². The van der Waals surface area contributed by atoms with Crippen molar-refractivity contribution in [2.45, 2.75) is 5.92 Å². The molecule has 4 nitrogen and oxygen atoms in total. The van der Waals surface area contributed by atoms with Crippen molar-refractivity contribution in [2.24, 2.45) is 5.73 Å². The summed E-state index contributed by atoms with van der Waals surface area (Å²) in [5, 5.41) is 8.69. The SMILES string of the molecule is NCC(C(=O)O)c1ccc(F)nc1. The summed E-state index contributed by atoms with van der Waals surface area (Å²) < 4.78 is 12.4. The normalized spacial score (nSPS) is 12.5. The summed E-state index contributed by atoms with van der Waals surface area (Å²) in [5.41, 5.74) is 5.65. The molecular formula is C8H9FN2O2. The van der Waals surface area contributed by atoms with E-state index in [4.69, 9.17) is 10.8 Å². The Bertz CT molecular complexity index is 300. The van der Waals surface area contributed by atoms with Crippen LogP contribution in [0.4, 0.5) is 4.39 Å². The maximum absolute atomic E-state index is 12.4. The molecule has 70 valence electrons. The van der Waals surface area contributed by atoms with Crippen LogP contribution in [0.25, 0.3) is 0 Å². The quantitative estimate of drug-likeness (QED) is 0.664. The molecule has 13 heavy (non-hydrogen) atoms. The summed E-state index contributed by atoms with van der Waals surface area (Å²) in [6, 6.07) is 2.48. The van der Waals surface area contributed by atoms with Crippen molar-refractivity contribution in [3.8, 4) is 0 Å². The van der Waals surface area contributed by atoms with Crippen LogP contribution in [0, 0.1) is 5.95 Å². The van der Waals surface area contributed by atoms with E-state index in [0.717, 1.165) is 6.07 Å². The Morgan fingerprint density at radius 2 is 2.38 bits per heavy atom. The molecule has 0 saturated heterocycles. The number of carboxylic acid groups (broad SMARTS) is 1. The summed E-state index contributed by atoms with van der Waals surface area (Å²) in [7, 11) is 0. The predicted octanol–water partition coefficient (Wildman–Crippen LogP) is 0.348. The van der Waals surface area contributed by atoms with Gasteiger partial charge in [0, 0.05) is 12.7 Å². The van der Waals surface area contributed by atoms with Gasteiger partial charge in [0.05, 0.1) is 5.92 Å². The van der Waals surface area contributed by atoms with Gasteiger partial charge in [-0.2, -0.15) is 4.39 Å². The fourth-order valence-corrected chi connectivity index (χ4v) is 0.973. The number of rotatable bonds is 3. The summed E-state index contributed by atoms with van der Waals surface area (Å²) in [6.07, 6.45) is 1.18. The van der Waals surface area contributed by atoms with Crippen molar-refractivity contribution in [3.05, 3.63) is 29.8 Å². The lowest BCUT2D eigenvalue weighted by atomic mass is 10.0. The van der Waals surface area contributed by atoms with Crippen LogP contribution in [0.5, 0.6) is 0 Å². The van der Waals surface area contributed by atoms with Crippen LogP contribution >= 0.6 is 0 Å². The van der Waals surface area contributed by atoms with Crippen LogP contribution in [0.2, 0.25) is 0 Å².